The van der Waals surface area contributed by atoms with Crippen LogP contribution < -0.4 is 0 Å². The first kappa shape index (κ1) is 14.5. The van der Waals surface area contributed by atoms with Crippen LogP contribution in [0.1, 0.15) is 39.3 Å². The number of hydrogen-bond donors (Lipinski definition) is 0. The molecule has 0 aromatic carbocycles. The van der Waals surface area contributed by atoms with Crippen molar-refractivity contribution in [2.75, 3.05) is 6.54 Å². The molecule has 3 heterocycles. The maximum Gasteiger partial charge on any atom is 0.323 e. The molecule has 6 heteroatoms. The molecule has 0 saturated carbocycles. The van der Waals surface area contributed by atoms with E-state index in [2.05, 4.69) is 9.88 Å². The predicted molar refractivity (Wildman–Crippen MR) is 82.3 cm³/mol. The zero-order chi connectivity index (χ0) is 15.0. The number of imidazole rings is 1. The summed E-state index contributed by atoms with van der Waals surface area (Å²) in [6.07, 6.45) is 5.95. The van der Waals surface area contributed by atoms with Crippen LogP contribution in [0.5, 0.6) is 0 Å². The van der Waals surface area contributed by atoms with Gasteiger partial charge >= 0.3 is 5.97 Å². The summed E-state index contributed by atoms with van der Waals surface area (Å²) in [5.41, 5.74) is 0.583. The number of carbonyl (C=O) groups excluding carboxylic acids is 1. The molecule has 0 amide bonds. The van der Waals surface area contributed by atoms with E-state index in [0.29, 0.717) is 6.54 Å². The van der Waals surface area contributed by atoms with Gasteiger partial charge in [-0.2, -0.15) is 0 Å². The van der Waals surface area contributed by atoms with Crippen LogP contribution in [0, 0.1) is 0 Å². The van der Waals surface area contributed by atoms with Gasteiger partial charge in [0.05, 0.1) is 5.69 Å². The van der Waals surface area contributed by atoms with E-state index in [1.54, 1.807) is 11.3 Å². The number of ether oxygens (including phenoxy) is 1. The van der Waals surface area contributed by atoms with Crippen LogP contribution in [0.15, 0.2) is 17.8 Å². The van der Waals surface area contributed by atoms with Crippen LogP contribution in [0.25, 0.3) is 4.96 Å². The third-order valence-corrected chi connectivity index (χ3v) is 4.32. The Bertz CT molecular complexity index is 612. The maximum absolute atomic E-state index is 12.3. The largest absolute Gasteiger partial charge is 0.459 e. The molecule has 114 valence electrons. The Balaban J connectivity index is 1.69. The lowest BCUT2D eigenvalue weighted by Crippen LogP contribution is -2.40. The second kappa shape index (κ2) is 5.42. The zero-order valence-electron chi connectivity index (χ0n) is 12.7. The van der Waals surface area contributed by atoms with Gasteiger partial charge in [0.15, 0.2) is 4.96 Å². The van der Waals surface area contributed by atoms with Gasteiger partial charge in [-0.25, -0.2) is 4.98 Å². The summed E-state index contributed by atoms with van der Waals surface area (Å²) < 4.78 is 7.56. The number of carbonyl (C=O) groups is 1. The fourth-order valence-corrected chi connectivity index (χ4v) is 3.43. The molecule has 0 bridgehead atoms. The summed E-state index contributed by atoms with van der Waals surface area (Å²) >= 11 is 1.62. The molecule has 0 aliphatic carbocycles. The van der Waals surface area contributed by atoms with Gasteiger partial charge in [0.25, 0.3) is 0 Å². The van der Waals surface area contributed by atoms with E-state index >= 15 is 0 Å². The molecule has 1 aliphatic rings. The second-order valence-corrected chi connectivity index (χ2v) is 7.36. The molecule has 3 rings (SSSR count). The third kappa shape index (κ3) is 3.27. The average Bonchev–Trinajstić information content (AvgIpc) is 3.01. The van der Waals surface area contributed by atoms with Crippen LogP contribution in [0.2, 0.25) is 0 Å². The topological polar surface area (TPSA) is 46.8 Å². The van der Waals surface area contributed by atoms with Crippen LogP contribution in [-0.4, -0.2) is 38.4 Å². The highest BCUT2D eigenvalue weighted by Gasteiger charge is 2.34. The Morgan fingerprint density at radius 3 is 3.05 bits per heavy atom. The lowest BCUT2D eigenvalue weighted by atomic mass is 10.1. The van der Waals surface area contributed by atoms with Crippen molar-refractivity contribution < 1.29 is 9.53 Å². The molecule has 2 aromatic heterocycles. The first-order valence-corrected chi connectivity index (χ1v) is 8.18. The molecule has 1 aliphatic heterocycles. The molecule has 0 unspecified atom stereocenters. The summed E-state index contributed by atoms with van der Waals surface area (Å²) in [6.45, 7) is 7.36. The predicted octanol–water partition coefficient (Wildman–Crippen LogP) is 2.70. The van der Waals surface area contributed by atoms with E-state index in [4.69, 9.17) is 4.74 Å². The van der Waals surface area contributed by atoms with Gasteiger partial charge in [0.2, 0.25) is 0 Å². The Labute approximate surface area is 128 Å². The smallest absolute Gasteiger partial charge is 0.323 e. The normalized spacial score (nSPS) is 20.2. The quantitative estimate of drug-likeness (QED) is 0.818. The first-order chi connectivity index (χ1) is 9.92. The van der Waals surface area contributed by atoms with E-state index in [9.17, 15) is 4.79 Å². The molecular formula is C15H21N3O2S. The maximum atomic E-state index is 12.3. The van der Waals surface area contributed by atoms with Crippen molar-refractivity contribution in [2.45, 2.75) is 51.8 Å². The van der Waals surface area contributed by atoms with E-state index < -0.39 is 5.60 Å². The van der Waals surface area contributed by atoms with Crippen molar-refractivity contribution in [1.29, 1.82) is 0 Å². The molecule has 1 atom stereocenters. The van der Waals surface area contributed by atoms with Gasteiger partial charge in [0.1, 0.15) is 11.6 Å². The number of nitrogens with zero attached hydrogens (tertiary/aromatic N) is 3. The van der Waals surface area contributed by atoms with Crippen molar-refractivity contribution in [1.82, 2.24) is 14.3 Å². The molecule has 0 spiro atoms. The lowest BCUT2D eigenvalue weighted by Gasteiger charge is -2.26. The summed E-state index contributed by atoms with van der Waals surface area (Å²) in [6, 6.07) is -0.135. The van der Waals surface area contributed by atoms with Crippen LogP contribution >= 0.6 is 11.3 Å². The summed E-state index contributed by atoms with van der Waals surface area (Å²) in [5, 5.41) is 2.02. The Kier molecular flexibility index (Phi) is 3.75. The third-order valence-electron chi connectivity index (χ3n) is 3.55. The Morgan fingerprint density at radius 2 is 2.33 bits per heavy atom. The van der Waals surface area contributed by atoms with E-state index in [0.717, 1.165) is 30.0 Å². The summed E-state index contributed by atoms with van der Waals surface area (Å²) in [4.78, 5) is 20.1. The molecule has 1 fully saturated rings. The van der Waals surface area contributed by atoms with Gasteiger partial charge in [0, 0.05) is 24.3 Å². The highest BCUT2D eigenvalue weighted by atomic mass is 32.1. The van der Waals surface area contributed by atoms with Crippen molar-refractivity contribution in [3.05, 3.63) is 23.5 Å². The highest BCUT2D eigenvalue weighted by Crippen LogP contribution is 2.23. The highest BCUT2D eigenvalue weighted by molar-refractivity contribution is 7.15. The van der Waals surface area contributed by atoms with E-state index in [1.165, 1.54) is 0 Å². The number of hydrogen-bond acceptors (Lipinski definition) is 5. The number of rotatable bonds is 3. The summed E-state index contributed by atoms with van der Waals surface area (Å²) in [5.74, 6) is -0.110. The van der Waals surface area contributed by atoms with Gasteiger partial charge in [-0.3, -0.25) is 14.1 Å². The molecule has 5 nitrogen and oxygen atoms in total. The second-order valence-electron chi connectivity index (χ2n) is 6.49. The van der Waals surface area contributed by atoms with Gasteiger partial charge in [-0.15, -0.1) is 11.3 Å². The van der Waals surface area contributed by atoms with Crippen molar-refractivity contribution >= 4 is 22.3 Å². The molecule has 1 saturated heterocycles. The number of thiazole rings is 1. The number of likely N-dealkylation sites (tertiary alicyclic amines) is 1. The fourth-order valence-electron chi connectivity index (χ4n) is 2.71. The van der Waals surface area contributed by atoms with Crippen molar-refractivity contribution in [3.8, 4) is 0 Å². The molecule has 2 aromatic rings. The van der Waals surface area contributed by atoms with Crippen LogP contribution in [0.3, 0.4) is 0 Å². The monoisotopic (exact) mass is 307 g/mol. The first-order valence-electron chi connectivity index (χ1n) is 7.30. The SMILES string of the molecule is CC(C)(C)OC(=O)[C@@H]1CCCN1Cc1cn2ccsc2n1. The minimum Gasteiger partial charge on any atom is -0.459 e. The van der Waals surface area contributed by atoms with Gasteiger partial charge < -0.3 is 4.74 Å². The van der Waals surface area contributed by atoms with Crippen molar-refractivity contribution in [2.24, 2.45) is 0 Å². The number of fused-ring (bicyclic) bond motifs is 1. The van der Waals surface area contributed by atoms with Gasteiger partial charge in [-0.1, -0.05) is 0 Å². The van der Waals surface area contributed by atoms with Gasteiger partial charge in [-0.05, 0) is 40.2 Å². The Morgan fingerprint density at radius 1 is 1.52 bits per heavy atom. The summed E-state index contributed by atoms with van der Waals surface area (Å²) in [7, 11) is 0. The minimum absolute atomic E-state index is 0.110. The van der Waals surface area contributed by atoms with E-state index in [1.807, 2.05) is 42.9 Å². The number of esters is 1. The Hall–Kier alpha value is -1.40. The van der Waals surface area contributed by atoms with Crippen LogP contribution in [-0.2, 0) is 16.1 Å². The minimum atomic E-state index is -0.428. The lowest BCUT2D eigenvalue weighted by molar-refractivity contribution is -0.160. The van der Waals surface area contributed by atoms with E-state index in [-0.39, 0.29) is 12.0 Å². The van der Waals surface area contributed by atoms with Crippen LogP contribution in [0.4, 0.5) is 0 Å². The fraction of sp³-hybridized carbons (Fsp3) is 0.600. The average molecular weight is 307 g/mol. The van der Waals surface area contributed by atoms with Crippen molar-refractivity contribution in [3.63, 3.8) is 0 Å². The molecule has 0 radical (unpaired) electrons. The molecule has 0 N–H and O–H groups in total. The zero-order valence-corrected chi connectivity index (χ0v) is 13.5. The molecule has 21 heavy (non-hydrogen) atoms. The molecular weight excluding hydrogens is 286 g/mol. The standard InChI is InChI=1S/C15H21N3O2S/c1-15(2,3)20-13(19)12-5-4-6-17(12)9-11-10-18-7-8-21-14(18)16-11/h7-8,10,12H,4-6,9H2,1-3H3/t12-/m0/s1. The number of aromatic nitrogens is 2.